The van der Waals surface area contributed by atoms with Crippen LogP contribution in [0.15, 0.2) is 60.8 Å². The van der Waals surface area contributed by atoms with Gasteiger partial charge in [0.15, 0.2) is 0 Å². The van der Waals surface area contributed by atoms with Crippen molar-refractivity contribution in [2.45, 2.75) is 19.8 Å². The summed E-state index contributed by atoms with van der Waals surface area (Å²) in [4.78, 5) is 45.9. The van der Waals surface area contributed by atoms with Gasteiger partial charge in [0.1, 0.15) is 5.82 Å². The van der Waals surface area contributed by atoms with Gasteiger partial charge in [-0.15, -0.1) is 0 Å². The highest BCUT2D eigenvalue weighted by Gasteiger charge is 2.21. The molecule has 0 aliphatic heterocycles. The molecule has 2 N–H and O–H groups in total. The molecule has 194 valence electrons. The fraction of sp³-hybridized carbons (Fsp3) is 0.259. The molecule has 3 aromatic rings. The van der Waals surface area contributed by atoms with Gasteiger partial charge >= 0.3 is 0 Å². The van der Waals surface area contributed by atoms with E-state index in [0.29, 0.717) is 32.8 Å². The first kappa shape index (κ1) is 28.1. The Morgan fingerprint density at radius 1 is 0.919 bits per heavy atom. The Labute approximate surface area is 226 Å². The van der Waals surface area contributed by atoms with Gasteiger partial charge in [-0.3, -0.25) is 19.3 Å². The van der Waals surface area contributed by atoms with Crippen molar-refractivity contribution < 1.29 is 14.4 Å². The zero-order valence-electron chi connectivity index (χ0n) is 20.9. The molecular formula is C27H29Cl2N5O3. The fourth-order valence-electron chi connectivity index (χ4n) is 3.57. The number of likely N-dealkylation sites (N-methyl/N-ethyl adjacent to an activating group) is 1. The summed E-state index contributed by atoms with van der Waals surface area (Å²) in [6.07, 6.45) is 3.52. The van der Waals surface area contributed by atoms with E-state index in [4.69, 9.17) is 23.2 Å². The summed E-state index contributed by atoms with van der Waals surface area (Å²) >= 11 is 12.0. The second kappa shape index (κ2) is 13.2. The van der Waals surface area contributed by atoms with Crippen LogP contribution in [0, 0.1) is 0 Å². The quantitative estimate of drug-likeness (QED) is 0.349. The zero-order chi connectivity index (χ0) is 26.9. The largest absolute Gasteiger partial charge is 0.325 e. The monoisotopic (exact) mass is 541 g/mol. The van der Waals surface area contributed by atoms with Crippen molar-refractivity contribution in [2.75, 3.05) is 42.7 Å². The molecule has 0 bridgehead atoms. The predicted molar refractivity (Wildman–Crippen MR) is 149 cm³/mol. The predicted octanol–water partition coefficient (Wildman–Crippen LogP) is 5.59. The van der Waals surface area contributed by atoms with Crippen LogP contribution in [0.4, 0.5) is 17.2 Å². The van der Waals surface area contributed by atoms with E-state index in [0.717, 1.165) is 19.4 Å². The van der Waals surface area contributed by atoms with Crippen LogP contribution < -0.4 is 15.5 Å². The lowest BCUT2D eigenvalue weighted by atomic mass is 10.1. The van der Waals surface area contributed by atoms with Crippen LogP contribution in [-0.2, 0) is 4.79 Å². The SMILES string of the molecule is CCCCN(C)CC(=O)Nc1ccc(C(=O)N(C)c2ccc(Cl)cc2C(=O)Nc2ccc(Cl)cn2)cc1. The first-order valence-electron chi connectivity index (χ1n) is 11.8. The first-order chi connectivity index (χ1) is 17.7. The highest BCUT2D eigenvalue weighted by Crippen LogP contribution is 2.26. The number of unbranched alkanes of at least 4 members (excludes halogenated alkanes) is 1. The highest BCUT2D eigenvalue weighted by atomic mass is 35.5. The molecule has 3 amide bonds. The molecule has 1 heterocycles. The van der Waals surface area contributed by atoms with Crippen LogP contribution in [0.3, 0.4) is 0 Å². The molecule has 8 nitrogen and oxygen atoms in total. The number of rotatable bonds is 10. The molecule has 0 aliphatic carbocycles. The molecule has 0 aliphatic rings. The number of benzene rings is 2. The highest BCUT2D eigenvalue weighted by molar-refractivity contribution is 6.31. The van der Waals surface area contributed by atoms with Gasteiger partial charge in [-0.2, -0.15) is 0 Å². The maximum absolute atomic E-state index is 13.2. The Kier molecular flexibility index (Phi) is 10.0. The lowest BCUT2D eigenvalue weighted by Crippen LogP contribution is -2.31. The third kappa shape index (κ3) is 8.01. The Morgan fingerprint density at radius 2 is 1.62 bits per heavy atom. The average Bonchev–Trinajstić information content (AvgIpc) is 2.88. The van der Waals surface area contributed by atoms with Crippen molar-refractivity contribution in [1.82, 2.24) is 9.88 Å². The average molecular weight is 542 g/mol. The smallest absolute Gasteiger partial charge is 0.258 e. The van der Waals surface area contributed by atoms with E-state index in [2.05, 4.69) is 22.5 Å². The fourth-order valence-corrected chi connectivity index (χ4v) is 3.85. The normalized spacial score (nSPS) is 10.8. The number of hydrogen-bond donors (Lipinski definition) is 2. The number of anilines is 3. The van der Waals surface area contributed by atoms with Gasteiger partial charge in [-0.05, 0) is 74.6 Å². The minimum atomic E-state index is -0.478. The molecular weight excluding hydrogens is 513 g/mol. The van der Waals surface area contributed by atoms with E-state index in [-0.39, 0.29) is 23.9 Å². The topological polar surface area (TPSA) is 94.6 Å². The maximum atomic E-state index is 13.2. The van der Waals surface area contributed by atoms with Gasteiger partial charge in [0.25, 0.3) is 11.8 Å². The van der Waals surface area contributed by atoms with Gasteiger partial charge in [0.2, 0.25) is 5.91 Å². The number of carbonyl (C=O) groups is 3. The van der Waals surface area contributed by atoms with E-state index in [1.165, 1.54) is 17.2 Å². The molecule has 37 heavy (non-hydrogen) atoms. The molecule has 0 atom stereocenters. The second-order valence-electron chi connectivity index (χ2n) is 8.56. The van der Waals surface area contributed by atoms with E-state index < -0.39 is 5.91 Å². The molecule has 2 aromatic carbocycles. The second-order valence-corrected chi connectivity index (χ2v) is 9.43. The van der Waals surface area contributed by atoms with Crippen LogP contribution in [0.2, 0.25) is 10.0 Å². The summed E-state index contributed by atoms with van der Waals surface area (Å²) in [5.41, 5.74) is 1.56. The summed E-state index contributed by atoms with van der Waals surface area (Å²) in [6, 6.07) is 14.5. The summed E-state index contributed by atoms with van der Waals surface area (Å²) < 4.78 is 0. The lowest BCUT2D eigenvalue weighted by Gasteiger charge is -2.21. The van der Waals surface area contributed by atoms with E-state index >= 15 is 0 Å². The molecule has 0 fully saturated rings. The van der Waals surface area contributed by atoms with Crippen molar-refractivity contribution >= 4 is 58.1 Å². The van der Waals surface area contributed by atoms with E-state index in [1.807, 2.05) is 11.9 Å². The number of nitrogens with one attached hydrogen (secondary N) is 2. The molecule has 10 heteroatoms. The molecule has 0 saturated carbocycles. The number of carbonyl (C=O) groups excluding carboxylic acids is 3. The molecule has 0 radical (unpaired) electrons. The van der Waals surface area contributed by atoms with Gasteiger partial charge in [-0.1, -0.05) is 36.5 Å². The van der Waals surface area contributed by atoms with Gasteiger partial charge in [0.05, 0.1) is 22.8 Å². The molecule has 0 unspecified atom stereocenters. The minimum Gasteiger partial charge on any atom is -0.325 e. The van der Waals surface area contributed by atoms with E-state index in [1.54, 1.807) is 55.6 Å². The first-order valence-corrected chi connectivity index (χ1v) is 12.5. The Morgan fingerprint density at radius 3 is 2.27 bits per heavy atom. The number of aromatic nitrogens is 1. The summed E-state index contributed by atoms with van der Waals surface area (Å²) in [5.74, 6) is -0.627. The molecule has 3 rings (SSSR count). The number of halogens is 2. The zero-order valence-corrected chi connectivity index (χ0v) is 22.4. The third-order valence-corrected chi connectivity index (χ3v) is 6.02. The van der Waals surface area contributed by atoms with Crippen molar-refractivity contribution in [3.8, 4) is 0 Å². The van der Waals surface area contributed by atoms with Gasteiger partial charge in [0, 0.05) is 29.5 Å². The number of amides is 3. The van der Waals surface area contributed by atoms with Crippen LogP contribution in [0.25, 0.3) is 0 Å². The number of nitrogens with zero attached hydrogens (tertiary/aromatic N) is 3. The summed E-state index contributed by atoms with van der Waals surface area (Å²) in [6.45, 7) is 3.25. The molecule has 1 aromatic heterocycles. The van der Waals surface area contributed by atoms with Crippen LogP contribution in [0.1, 0.15) is 40.5 Å². The molecule has 0 saturated heterocycles. The maximum Gasteiger partial charge on any atom is 0.258 e. The molecule has 0 spiro atoms. The summed E-state index contributed by atoms with van der Waals surface area (Å²) in [7, 11) is 3.48. The third-order valence-electron chi connectivity index (χ3n) is 5.56. The summed E-state index contributed by atoms with van der Waals surface area (Å²) in [5, 5.41) is 6.32. The van der Waals surface area contributed by atoms with Crippen molar-refractivity contribution in [1.29, 1.82) is 0 Å². The van der Waals surface area contributed by atoms with Crippen molar-refractivity contribution in [2.24, 2.45) is 0 Å². The van der Waals surface area contributed by atoms with Crippen LogP contribution in [-0.4, -0.2) is 54.8 Å². The Bertz CT molecular complexity index is 1250. The minimum absolute atomic E-state index is 0.123. The van der Waals surface area contributed by atoms with E-state index in [9.17, 15) is 14.4 Å². The van der Waals surface area contributed by atoms with Crippen LogP contribution in [0.5, 0.6) is 0 Å². The number of pyridine rings is 1. The standard InChI is InChI=1S/C27H29Cl2N5O3/c1-4-5-14-33(2)17-25(35)31-21-10-6-18(7-11-21)27(37)34(3)23-12-8-19(28)15-22(23)26(36)32-24-13-9-20(29)16-30-24/h6-13,15-16H,4-5,14,17H2,1-3H3,(H,31,35)(H,30,32,36). The van der Waals surface area contributed by atoms with Gasteiger partial charge in [-0.25, -0.2) is 4.98 Å². The van der Waals surface area contributed by atoms with Gasteiger partial charge < -0.3 is 15.5 Å². The van der Waals surface area contributed by atoms with Crippen molar-refractivity contribution in [3.63, 3.8) is 0 Å². The van der Waals surface area contributed by atoms with Crippen LogP contribution >= 0.6 is 23.2 Å². The Balaban J connectivity index is 1.71. The number of hydrogen-bond acceptors (Lipinski definition) is 5. The lowest BCUT2D eigenvalue weighted by molar-refractivity contribution is -0.117. The Hall–Kier alpha value is -3.46. The van der Waals surface area contributed by atoms with Crippen molar-refractivity contribution in [3.05, 3.63) is 82.0 Å².